The first-order valence-electron chi connectivity index (χ1n) is 5.01. The summed E-state index contributed by atoms with van der Waals surface area (Å²) in [6.07, 6.45) is 0. The molecule has 6 heteroatoms. The van der Waals surface area contributed by atoms with Gasteiger partial charge in [-0.05, 0) is 45.6 Å². The maximum atomic E-state index is 13.1. The van der Waals surface area contributed by atoms with Crippen molar-refractivity contribution in [3.63, 3.8) is 0 Å². The molecule has 0 amide bonds. The number of rotatable bonds is 1. The third-order valence-electron chi connectivity index (χ3n) is 2.45. The van der Waals surface area contributed by atoms with Gasteiger partial charge in [0.15, 0.2) is 5.82 Å². The molecule has 0 N–H and O–H groups in total. The lowest BCUT2D eigenvalue weighted by molar-refractivity contribution is 0.627. The van der Waals surface area contributed by atoms with Gasteiger partial charge in [-0.2, -0.15) is 0 Å². The molecule has 2 aromatic heterocycles. The van der Waals surface area contributed by atoms with Gasteiger partial charge in [-0.25, -0.2) is 14.4 Å². The van der Waals surface area contributed by atoms with E-state index >= 15 is 0 Å². The molecule has 0 atom stereocenters. The molecule has 18 heavy (non-hydrogen) atoms. The number of fused-ring (bicyclic) bond motifs is 1. The van der Waals surface area contributed by atoms with Crippen LogP contribution >= 0.6 is 38.9 Å². The van der Waals surface area contributed by atoms with Crippen molar-refractivity contribution in [1.29, 1.82) is 0 Å². The zero-order valence-electron chi connectivity index (χ0n) is 8.82. The van der Waals surface area contributed by atoms with Gasteiger partial charge in [0.1, 0.15) is 15.8 Å². The third-order valence-corrected chi connectivity index (χ3v) is 4.20. The first-order valence-corrected chi connectivity index (χ1v) is 7.06. The summed E-state index contributed by atoms with van der Waals surface area (Å²) >= 11 is 10.9. The van der Waals surface area contributed by atoms with Gasteiger partial charge in [-0.15, -0.1) is 11.3 Å². The zero-order valence-corrected chi connectivity index (χ0v) is 12.0. The molecule has 90 valence electrons. The van der Waals surface area contributed by atoms with E-state index in [1.165, 1.54) is 23.5 Å². The topological polar surface area (TPSA) is 25.8 Å². The molecule has 0 unspecified atom stereocenters. The highest BCUT2D eigenvalue weighted by atomic mass is 79.9. The molecule has 0 spiro atoms. The van der Waals surface area contributed by atoms with Crippen LogP contribution in [0.15, 0.2) is 34.1 Å². The summed E-state index contributed by atoms with van der Waals surface area (Å²) in [5, 5.41) is 3.16. The molecule has 0 aliphatic heterocycles. The van der Waals surface area contributed by atoms with Crippen molar-refractivity contribution >= 4 is 49.1 Å². The van der Waals surface area contributed by atoms with Gasteiger partial charge >= 0.3 is 0 Å². The van der Waals surface area contributed by atoms with Gasteiger partial charge in [0, 0.05) is 15.4 Å². The van der Waals surface area contributed by atoms with Crippen LogP contribution in [0.25, 0.3) is 21.6 Å². The number of aromatic nitrogens is 2. The summed E-state index contributed by atoms with van der Waals surface area (Å²) in [4.78, 5) is 9.49. The standard InChI is InChI=1S/C12H5BrClFN2S/c13-9-5-6(15)1-2-7(9)11-16-10(14)8-3-4-18-12(8)17-11/h1-5H. The Morgan fingerprint density at radius 2 is 2.06 bits per heavy atom. The second-order valence-corrected chi connectivity index (χ2v) is 5.71. The quantitative estimate of drug-likeness (QED) is 0.587. The number of benzene rings is 1. The molecule has 3 rings (SSSR count). The molecule has 2 heterocycles. The van der Waals surface area contributed by atoms with Crippen molar-refractivity contribution in [2.45, 2.75) is 0 Å². The second kappa shape index (κ2) is 4.57. The number of thiophene rings is 1. The average molecular weight is 344 g/mol. The highest BCUT2D eigenvalue weighted by Gasteiger charge is 2.11. The fourth-order valence-corrected chi connectivity index (χ4v) is 3.19. The molecule has 3 aromatic rings. The highest BCUT2D eigenvalue weighted by Crippen LogP contribution is 2.31. The second-order valence-electron chi connectivity index (χ2n) is 3.60. The van der Waals surface area contributed by atoms with Crippen LogP contribution in [0.4, 0.5) is 4.39 Å². The van der Waals surface area contributed by atoms with E-state index in [4.69, 9.17) is 11.6 Å². The largest absolute Gasteiger partial charge is 0.217 e. The van der Waals surface area contributed by atoms with Gasteiger partial charge in [0.05, 0.1) is 0 Å². The fraction of sp³-hybridized carbons (Fsp3) is 0. The van der Waals surface area contributed by atoms with Crippen molar-refractivity contribution in [1.82, 2.24) is 9.97 Å². The monoisotopic (exact) mass is 342 g/mol. The minimum Gasteiger partial charge on any atom is -0.217 e. The Kier molecular flexibility index (Phi) is 3.05. The van der Waals surface area contributed by atoms with Gasteiger partial charge in [-0.1, -0.05) is 11.6 Å². The lowest BCUT2D eigenvalue weighted by Crippen LogP contribution is -1.91. The van der Waals surface area contributed by atoms with Crippen molar-refractivity contribution in [2.75, 3.05) is 0 Å². The molecule has 0 fully saturated rings. The van der Waals surface area contributed by atoms with Gasteiger partial charge < -0.3 is 0 Å². The molecule has 2 nitrogen and oxygen atoms in total. The number of nitrogens with zero attached hydrogens (tertiary/aromatic N) is 2. The maximum absolute atomic E-state index is 13.1. The Bertz CT molecular complexity index is 744. The van der Waals surface area contributed by atoms with E-state index in [9.17, 15) is 4.39 Å². The van der Waals surface area contributed by atoms with Crippen molar-refractivity contribution in [3.05, 3.63) is 45.1 Å². The molecular formula is C12H5BrClFN2S. The van der Waals surface area contributed by atoms with Crippen LogP contribution < -0.4 is 0 Å². The van der Waals surface area contributed by atoms with E-state index in [0.29, 0.717) is 21.0 Å². The van der Waals surface area contributed by atoms with Crippen LogP contribution in [0.5, 0.6) is 0 Å². The van der Waals surface area contributed by atoms with Crippen LogP contribution in [0.3, 0.4) is 0 Å². The van der Waals surface area contributed by atoms with Crippen LogP contribution in [0, 0.1) is 5.82 Å². The molecule has 0 aliphatic rings. The van der Waals surface area contributed by atoms with Gasteiger partial charge in [-0.3, -0.25) is 0 Å². The molecule has 0 bridgehead atoms. The predicted octanol–water partition coefficient (Wildman–Crippen LogP) is 4.91. The molecule has 1 aromatic carbocycles. The summed E-state index contributed by atoms with van der Waals surface area (Å²) in [7, 11) is 0. The Labute approximate surface area is 120 Å². The van der Waals surface area contributed by atoms with Crippen LogP contribution in [0.2, 0.25) is 5.15 Å². The zero-order chi connectivity index (χ0) is 12.7. The molecule has 0 aliphatic carbocycles. The summed E-state index contributed by atoms with van der Waals surface area (Å²) in [5.41, 5.74) is 0.716. The number of hydrogen-bond donors (Lipinski definition) is 0. The van der Waals surface area contributed by atoms with E-state index in [0.717, 1.165) is 10.2 Å². The summed E-state index contributed by atoms with van der Waals surface area (Å²) in [6.45, 7) is 0. The van der Waals surface area contributed by atoms with Crippen LogP contribution in [-0.2, 0) is 0 Å². The smallest absolute Gasteiger partial charge is 0.163 e. The summed E-state index contributed by atoms with van der Waals surface area (Å²) < 4.78 is 13.7. The Morgan fingerprint density at radius 1 is 1.22 bits per heavy atom. The lowest BCUT2D eigenvalue weighted by atomic mass is 10.2. The number of halogens is 3. The Hall–Kier alpha value is -1.04. The maximum Gasteiger partial charge on any atom is 0.163 e. The van der Waals surface area contributed by atoms with Gasteiger partial charge in [0.25, 0.3) is 0 Å². The first-order chi connectivity index (χ1) is 8.65. The molecule has 0 saturated carbocycles. The molecule has 0 saturated heterocycles. The minimum atomic E-state index is -0.311. The third kappa shape index (κ3) is 2.02. The van der Waals surface area contributed by atoms with E-state index in [2.05, 4.69) is 25.9 Å². The van der Waals surface area contributed by atoms with E-state index in [1.54, 1.807) is 6.07 Å². The average Bonchev–Trinajstić information content (AvgIpc) is 2.77. The molecular weight excluding hydrogens is 339 g/mol. The van der Waals surface area contributed by atoms with Crippen LogP contribution in [-0.4, -0.2) is 9.97 Å². The van der Waals surface area contributed by atoms with E-state index in [-0.39, 0.29) is 5.82 Å². The summed E-state index contributed by atoms with van der Waals surface area (Å²) in [6, 6.07) is 6.26. The SMILES string of the molecule is Fc1ccc(-c2nc(Cl)c3ccsc3n2)c(Br)c1. The summed E-state index contributed by atoms with van der Waals surface area (Å²) in [5.74, 6) is 0.177. The van der Waals surface area contributed by atoms with E-state index in [1.807, 2.05) is 11.4 Å². The lowest BCUT2D eigenvalue weighted by Gasteiger charge is -2.04. The fourth-order valence-electron chi connectivity index (χ4n) is 1.61. The van der Waals surface area contributed by atoms with Crippen molar-refractivity contribution in [2.24, 2.45) is 0 Å². The van der Waals surface area contributed by atoms with Crippen molar-refractivity contribution in [3.8, 4) is 11.4 Å². The predicted molar refractivity (Wildman–Crippen MR) is 75.5 cm³/mol. The van der Waals surface area contributed by atoms with E-state index < -0.39 is 0 Å². The molecule has 0 radical (unpaired) electrons. The number of hydrogen-bond acceptors (Lipinski definition) is 3. The van der Waals surface area contributed by atoms with Crippen LogP contribution in [0.1, 0.15) is 0 Å². The Balaban J connectivity index is 2.24. The normalized spacial score (nSPS) is 11.1. The van der Waals surface area contributed by atoms with Crippen molar-refractivity contribution < 1.29 is 4.39 Å². The highest BCUT2D eigenvalue weighted by molar-refractivity contribution is 9.10. The Morgan fingerprint density at radius 3 is 2.83 bits per heavy atom. The first kappa shape index (κ1) is 12.0. The minimum absolute atomic E-state index is 0.311. The van der Waals surface area contributed by atoms with Gasteiger partial charge in [0.2, 0.25) is 0 Å².